The topological polar surface area (TPSA) is 56.5 Å². The molecule has 5 heteroatoms. The van der Waals surface area contributed by atoms with Crippen LogP contribution in [0.3, 0.4) is 0 Å². The van der Waals surface area contributed by atoms with E-state index in [1.54, 1.807) is 6.07 Å². The van der Waals surface area contributed by atoms with Crippen molar-refractivity contribution in [2.24, 2.45) is 0 Å². The Bertz CT molecular complexity index is 1160. The van der Waals surface area contributed by atoms with E-state index >= 15 is 0 Å². The number of benzene rings is 1. The summed E-state index contributed by atoms with van der Waals surface area (Å²) in [6.45, 7) is 4.00. The zero-order chi connectivity index (χ0) is 19.7. The van der Waals surface area contributed by atoms with Gasteiger partial charge in [-0.1, -0.05) is 36.4 Å². The van der Waals surface area contributed by atoms with Crippen LogP contribution in [0.25, 0.3) is 16.8 Å². The summed E-state index contributed by atoms with van der Waals surface area (Å²) in [5.74, 6) is -0.427. The number of rotatable bonds is 4. The minimum absolute atomic E-state index is 0.325. The third kappa shape index (κ3) is 3.39. The number of aryl methyl sites for hydroxylation is 2. The SMILES string of the molecule is COC(=O)c1cc(C)cc(Cc2c(-c3ccccc3)nn3cc(C)ccc23)n1. The standard InChI is InChI=1S/C23H21N3O2/c1-15-9-10-21-19(13-18-11-16(2)12-20(24-18)23(27)28-3)22(25-26(21)14-15)17-7-5-4-6-8-17/h4-12,14H,13H2,1-3H3. The second-order valence-corrected chi connectivity index (χ2v) is 6.92. The molecule has 0 aliphatic carbocycles. The first-order chi connectivity index (χ1) is 13.5. The lowest BCUT2D eigenvalue weighted by Gasteiger charge is -2.07. The Morgan fingerprint density at radius 1 is 1.04 bits per heavy atom. The third-order valence-corrected chi connectivity index (χ3v) is 4.70. The van der Waals surface area contributed by atoms with Crippen molar-refractivity contribution in [3.05, 3.63) is 88.9 Å². The Labute approximate surface area is 163 Å². The molecule has 0 spiro atoms. The molecule has 0 aliphatic rings. The molecule has 0 unspecified atom stereocenters. The molecule has 0 N–H and O–H groups in total. The van der Waals surface area contributed by atoms with E-state index in [2.05, 4.69) is 29.2 Å². The second kappa shape index (κ2) is 7.27. The summed E-state index contributed by atoms with van der Waals surface area (Å²) in [4.78, 5) is 16.5. The summed E-state index contributed by atoms with van der Waals surface area (Å²) < 4.78 is 6.76. The van der Waals surface area contributed by atoms with E-state index in [9.17, 15) is 4.79 Å². The summed E-state index contributed by atoms with van der Waals surface area (Å²) >= 11 is 0. The van der Waals surface area contributed by atoms with Crippen molar-refractivity contribution in [1.29, 1.82) is 0 Å². The monoisotopic (exact) mass is 371 g/mol. The summed E-state index contributed by atoms with van der Waals surface area (Å²) in [5.41, 5.74) is 7.35. The van der Waals surface area contributed by atoms with Crippen LogP contribution in [0, 0.1) is 13.8 Å². The van der Waals surface area contributed by atoms with E-state index in [-0.39, 0.29) is 0 Å². The molecule has 0 aliphatic heterocycles. The van der Waals surface area contributed by atoms with E-state index in [1.807, 2.05) is 48.8 Å². The maximum atomic E-state index is 12.0. The Kier molecular flexibility index (Phi) is 4.65. The van der Waals surface area contributed by atoms with Crippen LogP contribution in [0.4, 0.5) is 0 Å². The molecule has 0 saturated heterocycles. The highest BCUT2D eigenvalue weighted by Crippen LogP contribution is 2.28. The molecule has 0 atom stereocenters. The van der Waals surface area contributed by atoms with Gasteiger partial charge in [-0.2, -0.15) is 5.10 Å². The van der Waals surface area contributed by atoms with Crippen LogP contribution in [0.15, 0.2) is 60.8 Å². The van der Waals surface area contributed by atoms with Gasteiger partial charge in [0.25, 0.3) is 0 Å². The molecule has 1 aromatic carbocycles. The van der Waals surface area contributed by atoms with E-state index in [1.165, 1.54) is 7.11 Å². The molecule has 28 heavy (non-hydrogen) atoms. The van der Waals surface area contributed by atoms with Gasteiger partial charge in [0, 0.05) is 29.4 Å². The molecule has 4 aromatic rings. The minimum atomic E-state index is -0.427. The lowest BCUT2D eigenvalue weighted by Crippen LogP contribution is -2.07. The fraction of sp³-hybridized carbons (Fsp3) is 0.174. The van der Waals surface area contributed by atoms with Gasteiger partial charge in [0.15, 0.2) is 0 Å². The molecule has 140 valence electrons. The number of methoxy groups -OCH3 is 1. The Hall–Kier alpha value is -3.47. The molecular weight excluding hydrogens is 350 g/mol. The molecule has 5 nitrogen and oxygen atoms in total. The first-order valence-corrected chi connectivity index (χ1v) is 9.14. The van der Waals surface area contributed by atoms with Gasteiger partial charge in [0.1, 0.15) is 5.69 Å². The Morgan fingerprint density at radius 3 is 2.57 bits per heavy atom. The molecule has 4 rings (SSSR count). The molecule has 0 radical (unpaired) electrons. The molecule has 3 aromatic heterocycles. The quantitative estimate of drug-likeness (QED) is 0.499. The van der Waals surface area contributed by atoms with E-state index in [0.717, 1.165) is 39.2 Å². The normalized spacial score (nSPS) is 11.0. The summed E-state index contributed by atoms with van der Waals surface area (Å²) in [6.07, 6.45) is 2.59. The van der Waals surface area contributed by atoms with E-state index in [4.69, 9.17) is 9.84 Å². The van der Waals surface area contributed by atoms with Crippen molar-refractivity contribution in [3.8, 4) is 11.3 Å². The first-order valence-electron chi connectivity index (χ1n) is 9.14. The Balaban J connectivity index is 1.86. The van der Waals surface area contributed by atoms with Gasteiger partial charge in [0.2, 0.25) is 0 Å². The fourth-order valence-electron chi connectivity index (χ4n) is 3.43. The summed E-state index contributed by atoms with van der Waals surface area (Å²) in [5, 5.41) is 4.83. The second-order valence-electron chi connectivity index (χ2n) is 6.92. The highest BCUT2D eigenvalue weighted by molar-refractivity contribution is 5.87. The van der Waals surface area contributed by atoms with Crippen LogP contribution in [0.5, 0.6) is 0 Å². The van der Waals surface area contributed by atoms with Gasteiger partial charge < -0.3 is 4.74 Å². The predicted molar refractivity (Wildman–Crippen MR) is 108 cm³/mol. The number of esters is 1. The summed E-state index contributed by atoms with van der Waals surface area (Å²) in [7, 11) is 1.37. The molecule has 0 bridgehead atoms. The van der Waals surface area contributed by atoms with Gasteiger partial charge in [-0.25, -0.2) is 14.3 Å². The number of ether oxygens (including phenoxy) is 1. The maximum Gasteiger partial charge on any atom is 0.356 e. The number of aromatic nitrogens is 3. The highest BCUT2D eigenvalue weighted by atomic mass is 16.5. The van der Waals surface area contributed by atoms with Crippen LogP contribution in [-0.4, -0.2) is 27.7 Å². The predicted octanol–water partition coefficient (Wildman–Crippen LogP) is 4.39. The third-order valence-electron chi connectivity index (χ3n) is 4.70. The lowest BCUT2D eigenvalue weighted by atomic mass is 10.0. The van der Waals surface area contributed by atoms with Crippen molar-refractivity contribution in [1.82, 2.24) is 14.6 Å². The van der Waals surface area contributed by atoms with Crippen LogP contribution in [-0.2, 0) is 11.2 Å². The van der Waals surface area contributed by atoms with Gasteiger partial charge in [-0.15, -0.1) is 0 Å². The van der Waals surface area contributed by atoms with Crippen molar-refractivity contribution in [2.75, 3.05) is 7.11 Å². The number of nitrogens with zero attached hydrogens (tertiary/aromatic N) is 3. The zero-order valence-electron chi connectivity index (χ0n) is 16.1. The zero-order valence-corrected chi connectivity index (χ0v) is 16.1. The maximum absolute atomic E-state index is 12.0. The average molecular weight is 371 g/mol. The van der Waals surface area contributed by atoms with E-state index < -0.39 is 5.97 Å². The van der Waals surface area contributed by atoms with Crippen LogP contribution < -0.4 is 0 Å². The lowest BCUT2D eigenvalue weighted by molar-refractivity contribution is 0.0593. The molecule has 0 fully saturated rings. The molecule has 0 saturated carbocycles. The van der Waals surface area contributed by atoms with Crippen LogP contribution in [0.1, 0.15) is 32.9 Å². The van der Waals surface area contributed by atoms with Crippen LogP contribution >= 0.6 is 0 Å². The van der Waals surface area contributed by atoms with Gasteiger partial charge in [-0.3, -0.25) is 0 Å². The highest BCUT2D eigenvalue weighted by Gasteiger charge is 2.17. The van der Waals surface area contributed by atoms with Gasteiger partial charge >= 0.3 is 5.97 Å². The molecule has 3 heterocycles. The van der Waals surface area contributed by atoms with Gasteiger partial charge in [0.05, 0.1) is 18.3 Å². The largest absolute Gasteiger partial charge is 0.464 e. The number of pyridine rings is 2. The van der Waals surface area contributed by atoms with Crippen molar-refractivity contribution in [2.45, 2.75) is 20.3 Å². The Morgan fingerprint density at radius 2 is 1.82 bits per heavy atom. The summed E-state index contributed by atoms with van der Waals surface area (Å²) in [6, 6.07) is 18.0. The molecular formula is C23H21N3O2. The number of carbonyl (C=O) groups is 1. The number of hydrogen-bond acceptors (Lipinski definition) is 4. The number of fused-ring (bicyclic) bond motifs is 1. The number of hydrogen-bond donors (Lipinski definition) is 0. The first kappa shape index (κ1) is 17.9. The number of carbonyl (C=O) groups excluding carboxylic acids is 1. The van der Waals surface area contributed by atoms with E-state index in [0.29, 0.717) is 12.1 Å². The van der Waals surface area contributed by atoms with Crippen molar-refractivity contribution >= 4 is 11.5 Å². The van der Waals surface area contributed by atoms with Gasteiger partial charge in [-0.05, 0) is 43.2 Å². The fourth-order valence-corrected chi connectivity index (χ4v) is 3.43. The molecule has 0 amide bonds. The smallest absolute Gasteiger partial charge is 0.356 e. The average Bonchev–Trinajstić information content (AvgIpc) is 3.05. The van der Waals surface area contributed by atoms with Crippen LogP contribution in [0.2, 0.25) is 0 Å². The van der Waals surface area contributed by atoms with Crippen molar-refractivity contribution in [3.63, 3.8) is 0 Å². The minimum Gasteiger partial charge on any atom is -0.464 e. The van der Waals surface area contributed by atoms with Crippen molar-refractivity contribution < 1.29 is 9.53 Å².